The molecule has 6 nitrogen and oxygen atoms in total. The number of carbonyl (C=O) groups is 3. The summed E-state index contributed by atoms with van der Waals surface area (Å²) in [7, 11) is 2.76. The van der Waals surface area contributed by atoms with Crippen LogP contribution >= 0.6 is 15.9 Å². The second kappa shape index (κ2) is 5.40. The topological polar surface area (TPSA) is 85.4 Å². The molecule has 2 rings (SSSR count). The van der Waals surface area contributed by atoms with Crippen LogP contribution in [0.2, 0.25) is 0 Å². The van der Waals surface area contributed by atoms with Crippen molar-refractivity contribution in [2.24, 2.45) is 0 Å². The van der Waals surface area contributed by atoms with Crippen molar-refractivity contribution >= 4 is 33.5 Å². The fourth-order valence-electron chi connectivity index (χ4n) is 2.38. The van der Waals surface area contributed by atoms with E-state index in [1.54, 1.807) is 20.9 Å². The maximum absolute atomic E-state index is 12.5. The van der Waals surface area contributed by atoms with Gasteiger partial charge in [0.25, 0.3) is 0 Å². The van der Waals surface area contributed by atoms with Crippen molar-refractivity contribution in [3.8, 4) is 0 Å². The summed E-state index contributed by atoms with van der Waals surface area (Å²) in [6.07, 6.45) is 0. The third-order valence-electron chi connectivity index (χ3n) is 3.30. The molecule has 0 fully saturated rings. The molecule has 0 aliphatic heterocycles. The Morgan fingerprint density at radius 3 is 2.29 bits per heavy atom. The molecule has 1 N–H and O–H groups in total. The van der Waals surface area contributed by atoms with Crippen LogP contribution < -0.4 is 5.32 Å². The number of allylic oxidation sites excluding steroid dienone is 2. The van der Waals surface area contributed by atoms with Crippen molar-refractivity contribution in [1.29, 1.82) is 0 Å². The van der Waals surface area contributed by atoms with Gasteiger partial charge in [-0.1, -0.05) is 0 Å². The molecule has 1 aliphatic rings. The summed E-state index contributed by atoms with van der Waals surface area (Å²) in [5.41, 5.74) is 1.12. The number of esters is 1. The van der Waals surface area contributed by atoms with E-state index in [9.17, 15) is 14.4 Å². The van der Waals surface area contributed by atoms with E-state index in [2.05, 4.69) is 26.2 Å². The number of ketones is 2. The Labute approximate surface area is 129 Å². The third-order valence-corrected chi connectivity index (χ3v) is 4.06. The number of carbonyl (C=O) groups excluding carboxylic acids is 3. The lowest BCUT2D eigenvalue weighted by Crippen LogP contribution is -2.30. The average molecular weight is 353 g/mol. The Hall–Kier alpha value is -2.02. The van der Waals surface area contributed by atoms with Crippen molar-refractivity contribution in [3.63, 3.8) is 0 Å². The molecule has 1 aliphatic carbocycles. The lowest BCUT2D eigenvalue weighted by Gasteiger charge is -2.22. The Morgan fingerprint density at radius 2 is 1.76 bits per heavy atom. The van der Waals surface area contributed by atoms with Crippen molar-refractivity contribution in [2.45, 2.75) is 13.8 Å². The molecule has 0 saturated carbocycles. The smallest absolute Gasteiger partial charge is 0.340 e. The van der Waals surface area contributed by atoms with E-state index in [1.807, 2.05) is 0 Å². The van der Waals surface area contributed by atoms with Gasteiger partial charge in [0.15, 0.2) is 0 Å². The zero-order chi connectivity index (χ0) is 15.9. The highest BCUT2D eigenvalue weighted by Gasteiger charge is 2.37. The summed E-state index contributed by atoms with van der Waals surface area (Å²) in [6.45, 7) is 3.23. The van der Waals surface area contributed by atoms with Gasteiger partial charge in [-0.15, -0.1) is 0 Å². The molecule has 1 aromatic rings. The summed E-state index contributed by atoms with van der Waals surface area (Å²) in [5.74, 6) is -1.51. The molecule has 0 amide bonds. The molecule has 0 aromatic carbocycles. The predicted molar refractivity (Wildman–Crippen MR) is 78.7 cm³/mol. The number of likely N-dealkylation sites (N-methyl/N-ethyl adjacent to an activating group) is 1. The molecule has 1 aromatic heterocycles. The molecular weight excluding hydrogens is 340 g/mol. The Bertz CT molecular complexity index is 722. The largest absolute Gasteiger partial charge is 0.465 e. The fourth-order valence-corrected chi connectivity index (χ4v) is 2.95. The Kier molecular flexibility index (Phi) is 3.95. The lowest BCUT2D eigenvalue weighted by molar-refractivity contribution is 0.0596. The van der Waals surface area contributed by atoms with Gasteiger partial charge in [0.2, 0.25) is 11.6 Å². The number of rotatable bonds is 2. The minimum Gasteiger partial charge on any atom is -0.465 e. The molecule has 110 valence electrons. The van der Waals surface area contributed by atoms with E-state index in [1.165, 1.54) is 7.11 Å². The highest BCUT2D eigenvalue weighted by molar-refractivity contribution is 9.12. The van der Waals surface area contributed by atoms with E-state index in [0.717, 1.165) is 0 Å². The summed E-state index contributed by atoms with van der Waals surface area (Å²) < 4.78 is 4.80. The first-order valence-corrected chi connectivity index (χ1v) is 6.90. The van der Waals surface area contributed by atoms with E-state index in [0.29, 0.717) is 11.4 Å². The lowest BCUT2D eigenvalue weighted by atomic mass is 9.87. The quantitative estimate of drug-likeness (QED) is 0.815. The standard InChI is InChI=1S/C14H13BrN2O4/c1-5-7-9(8(6(2)17-5)14(20)21-4)12(18)10(15)11(16-3)13(7)19/h16H,1-4H3. The zero-order valence-electron chi connectivity index (χ0n) is 12.0. The number of fused-ring (bicyclic) bond motifs is 1. The van der Waals surface area contributed by atoms with Gasteiger partial charge >= 0.3 is 5.97 Å². The number of pyridine rings is 1. The Balaban J connectivity index is 2.89. The first-order valence-electron chi connectivity index (χ1n) is 6.11. The van der Waals surface area contributed by atoms with Crippen LogP contribution in [0.1, 0.15) is 42.5 Å². The number of hydrogen-bond donors (Lipinski definition) is 1. The molecule has 21 heavy (non-hydrogen) atoms. The number of aromatic nitrogens is 1. The first-order chi connectivity index (χ1) is 9.84. The van der Waals surface area contributed by atoms with Gasteiger partial charge in [-0.05, 0) is 29.8 Å². The van der Waals surface area contributed by atoms with Gasteiger partial charge in [0.05, 0.1) is 34.0 Å². The number of ether oxygens (including phenoxy) is 1. The van der Waals surface area contributed by atoms with Crippen LogP contribution in [0.5, 0.6) is 0 Å². The van der Waals surface area contributed by atoms with Gasteiger partial charge in [-0.25, -0.2) is 4.79 Å². The van der Waals surface area contributed by atoms with Crippen LogP contribution in [-0.4, -0.2) is 36.7 Å². The molecule has 0 saturated heterocycles. The second-order valence-electron chi connectivity index (χ2n) is 4.50. The molecule has 0 spiro atoms. The van der Waals surface area contributed by atoms with E-state index < -0.39 is 11.8 Å². The van der Waals surface area contributed by atoms with Crippen LogP contribution in [0.25, 0.3) is 0 Å². The van der Waals surface area contributed by atoms with Crippen LogP contribution in [0.4, 0.5) is 0 Å². The predicted octanol–water partition coefficient (Wildman–Crippen LogP) is 1.69. The number of nitrogens with one attached hydrogen (secondary N) is 1. The number of hydrogen-bond acceptors (Lipinski definition) is 6. The minimum absolute atomic E-state index is 0.0311. The molecule has 0 unspecified atom stereocenters. The number of Topliss-reactive ketones (excluding diaryl/α,β-unsaturated/α-hetero) is 2. The summed E-state index contributed by atoms with van der Waals surface area (Å²) in [5, 5.41) is 2.70. The SMILES string of the molecule is CNC1=C(Br)C(=O)c2c(C(=O)OC)c(C)nc(C)c2C1=O. The van der Waals surface area contributed by atoms with Crippen LogP contribution in [0, 0.1) is 13.8 Å². The van der Waals surface area contributed by atoms with Crippen LogP contribution in [0.3, 0.4) is 0 Å². The van der Waals surface area contributed by atoms with Gasteiger partial charge < -0.3 is 10.1 Å². The normalized spacial score (nSPS) is 14.1. The molecule has 7 heteroatoms. The van der Waals surface area contributed by atoms with Gasteiger partial charge in [0, 0.05) is 12.7 Å². The zero-order valence-corrected chi connectivity index (χ0v) is 13.5. The maximum Gasteiger partial charge on any atom is 0.340 e. The van der Waals surface area contributed by atoms with Crippen molar-refractivity contribution in [1.82, 2.24) is 10.3 Å². The summed E-state index contributed by atoms with van der Waals surface area (Å²) >= 11 is 3.12. The van der Waals surface area contributed by atoms with Crippen molar-refractivity contribution < 1.29 is 19.1 Å². The molecule has 0 radical (unpaired) electrons. The summed E-state index contributed by atoms with van der Waals surface area (Å²) in [4.78, 5) is 41.2. The minimum atomic E-state index is -0.689. The number of methoxy groups -OCH3 is 1. The molecular formula is C14H13BrN2O4. The van der Waals surface area contributed by atoms with Gasteiger partial charge in [-0.3, -0.25) is 14.6 Å². The third kappa shape index (κ3) is 2.17. The highest BCUT2D eigenvalue weighted by Crippen LogP contribution is 2.33. The monoisotopic (exact) mass is 352 g/mol. The second-order valence-corrected chi connectivity index (χ2v) is 5.29. The average Bonchev–Trinajstić information content (AvgIpc) is 2.44. The van der Waals surface area contributed by atoms with Crippen LogP contribution in [-0.2, 0) is 4.74 Å². The van der Waals surface area contributed by atoms with Crippen molar-refractivity contribution in [2.75, 3.05) is 14.2 Å². The Morgan fingerprint density at radius 1 is 1.14 bits per heavy atom. The maximum atomic E-state index is 12.5. The number of nitrogens with zero attached hydrogens (tertiary/aromatic N) is 1. The number of halogens is 1. The molecule has 0 bridgehead atoms. The van der Waals surface area contributed by atoms with E-state index >= 15 is 0 Å². The number of aryl methyl sites for hydroxylation is 2. The van der Waals surface area contributed by atoms with Crippen molar-refractivity contribution in [3.05, 3.63) is 38.3 Å². The first kappa shape index (κ1) is 15.4. The van der Waals surface area contributed by atoms with Crippen LogP contribution in [0.15, 0.2) is 10.2 Å². The van der Waals surface area contributed by atoms with Gasteiger partial charge in [-0.2, -0.15) is 0 Å². The molecule has 1 heterocycles. The summed E-state index contributed by atoms with van der Waals surface area (Å²) in [6, 6.07) is 0. The van der Waals surface area contributed by atoms with Gasteiger partial charge in [0.1, 0.15) is 5.70 Å². The molecule has 0 atom stereocenters. The highest BCUT2D eigenvalue weighted by atomic mass is 79.9. The van der Waals surface area contributed by atoms with E-state index in [4.69, 9.17) is 4.74 Å². The van der Waals surface area contributed by atoms with E-state index in [-0.39, 0.29) is 32.7 Å². The fraction of sp³-hybridized carbons (Fsp3) is 0.286.